The number of benzene rings is 1. The summed E-state index contributed by atoms with van der Waals surface area (Å²) < 4.78 is 45.1. The number of halogens is 2. The van der Waals surface area contributed by atoms with Crippen molar-refractivity contribution in [2.45, 2.75) is 32.5 Å². The van der Waals surface area contributed by atoms with Gasteiger partial charge >= 0.3 is 12.1 Å². The summed E-state index contributed by atoms with van der Waals surface area (Å²) in [5.74, 6) is -3.02. The number of nitrogens with one attached hydrogen (secondary N) is 1. The number of hydrogen-bond donors (Lipinski definition) is 1. The zero-order valence-corrected chi connectivity index (χ0v) is 20.0. The third kappa shape index (κ3) is 6.01. The quantitative estimate of drug-likeness (QED) is 0.463. The second-order valence-electron chi connectivity index (χ2n) is 8.76. The van der Waals surface area contributed by atoms with E-state index in [1.54, 1.807) is 20.8 Å². The lowest BCUT2D eigenvalue weighted by atomic mass is 10.2. The molecule has 2 amide bonds. The van der Waals surface area contributed by atoms with Crippen molar-refractivity contribution in [3.8, 4) is 0 Å². The Bertz CT molecular complexity index is 979. The number of ether oxygens (including phenoxy) is 3. The third-order valence-electron chi connectivity index (χ3n) is 4.92. The summed E-state index contributed by atoms with van der Waals surface area (Å²) in [6, 6.07) is 1.99. The van der Waals surface area contributed by atoms with Crippen LogP contribution in [0.2, 0.25) is 0 Å². The van der Waals surface area contributed by atoms with Crippen LogP contribution in [-0.2, 0) is 23.8 Å². The van der Waals surface area contributed by atoms with Gasteiger partial charge in [-0.15, -0.1) is 0 Å². The summed E-state index contributed by atoms with van der Waals surface area (Å²) in [5.41, 5.74) is -1.19. The third-order valence-corrected chi connectivity index (χ3v) is 5.23. The molecule has 3 rings (SSSR count). The Hall–Kier alpha value is -3.22. The second kappa shape index (κ2) is 9.95. The van der Waals surface area contributed by atoms with Crippen LogP contribution in [0.15, 0.2) is 12.1 Å². The molecule has 1 aromatic rings. The molecule has 2 aliphatic heterocycles. The molecule has 1 atom stereocenters. The van der Waals surface area contributed by atoms with E-state index in [0.29, 0.717) is 0 Å². The molecule has 2 saturated heterocycles. The molecule has 1 aromatic carbocycles. The molecule has 0 aromatic heterocycles. The lowest BCUT2D eigenvalue weighted by Crippen LogP contribution is -2.36. The number of carbonyl (C=O) groups excluding carboxylic acids is 3. The van der Waals surface area contributed by atoms with E-state index in [1.165, 1.54) is 12.0 Å². The van der Waals surface area contributed by atoms with E-state index < -0.39 is 47.0 Å². The highest BCUT2D eigenvalue weighted by atomic mass is 32.1. The predicted octanol–water partition coefficient (Wildman–Crippen LogP) is 1.76. The van der Waals surface area contributed by atoms with Crippen LogP contribution in [0.25, 0.3) is 0 Å². The molecule has 2 aliphatic rings. The molecular weight excluding hydrogens is 474 g/mol. The Morgan fingerprint density at radius 2 is 1.91 bits per heavy atom. The van der Waals surface area contributed by atoms with E-state index in [2.05, 4.69) is 5.32 Å². The normalized spacial score (nSPS) is 18.3. The van der Waals surface area contributed by atoms with Gasteiger partial charge < -0.3 is 29.3 Å². The summed E-state index contributed by atoms with van der Waals surface area (Å²) in [5, 5.41) is 2.87. The van der Waals surface area contributed by atoms with Gasteiger partial charge in [0.2, 0.25) is 5.91 Å². The highest BCUT2D eigenvalue weighted by molar-refractivity contribution is 7.80. The number of rotatable bonds is 6. The molecule has 0 saturated carbocycles. The predicted molar refractivity (Wildman–Crippen MR) is 121 cm³/mol. The maximum absolute atomic E-state index is 15.0. The molecular formula is C21H26F2N4O6S. The Kier molecular flexibility index (Phi) is 7.44. The molecule has 0 aliphatic carbocycles. The van der Waals surface area contributed by atoms with Gasteiger partial charge in [-0.05, 0) is 33.0 Å². The van der Waals surface area contributed by atoms with Crippen molar-refractivity contribution in [3.63, 3.8) is 0 Å². The van der Waals surface area contributed by atoms with Crippen molar-refractivity contribution >= 4 is 46.7 Å². The largest absolute Gasteiger partial charge is 0.474 e. The second-order valence-corrected chi connectivity index (χ2v) is 9.14. The van der Waals surface area contributed by atoms with Crippen molar-refractivity contribution < 1.29 is 37.4 Å². The van der Waals surface area contributed by atoms with E-state index in [1.807, 2.05) is 0 Å². The summed E-state index contributed by atoms with van der Waals surface area (Å²) in [7, 11) is 1.39. The number of thiocarbonyl (C=S) groups is 1. The highest BCUT2D eigenvalue weighted by Gasteiger charge is 2.36. The van der Waals surface area contributed by atoms with Gasteiger partial charge in [0.25, 0.3) is 5.17 Å². The van der Waals surface area contributed by atoms with Crippen LogP contribution >= 0.6 is 12.2 Å². The molecule has 0 radical (unpaired) electrons. The molecule has 0 bridgehead atoms. The number of hydrogen-bond acceptors (Lipinski definition) is 8. The monoisotopic (exact) mass is 500 g/mol. The van der Waals surface area contributed by atoms with Crippen molar-refractivity contribution in [1.82, 2.24) is 10.2 Å². The number of cyclic esters (lactones) is 1. The van der Waals surface area contributed by atoms with Crippen LogP contribution in [-0.4, -0.2) is 79.7 Å². The van der Waals surface area contributed by atoms with Crippen LogP contribution in [0.3, 0.4) is 0 Å². The van der Waals surface area contributed by atoms with Gasteiger partial charge in [0, 0.05) is 12.1 Å². The number of anilines is 2. The minimum Gasteiger partial charge on any atom is -0.474 e. The molecule has 186 valence electrons. The fourth-order valence-electron chi connectivity index (χ4n) is 3.53. The molecule has 1 N–H and O–H groups in total. The first-order valence-corrected chi connectivity index (χ1v) is 10.8. The molecule has 34 heavy (non-hydrogen) atoms. The fraction of sp³-hybridized carbons (Fsp3) is 0.524. The van der Waals surface area contributed by atoms with Gasteiger partial charge in [-0.2, -0.15) is 0 Å². The SMILES string of the molecule is COC(=S)NC[C@H]1CN(c2cc(F)c(N3CC(=O)N(CC(=O)OC(C)(C)C)C3)c(F)c2)C(=O)O1. The zero-order valence-electron chi connectivity index (χ0n) is 19.2. The minimum atomic E-state index is -0.961. The van der Waals surface area contributed by atoms with Crippen molar-refractivity contribution in [2.75, 3.05) is 49.8 Å². The van der Waals surface area contributed by atoms with Crippen LogP contribution in [0, 0.1) is 11.6 Å². The van der Waals surface area contributed by atoms with Gasteiger partial charge in [-0.1, -0.05) is 0 Å². The molecule has 10 nitrogen and oxygen atoms in total. The van der Waals surface area contributed by atoms with Gasteiger partial charge in [-0.3, -0.25) is 14.5 Å². The lowest BCUT2D eigenvalue weighted by Gasteiger charge is -2.23. The van der Waals surface area contributed by atoms with Crippen LogP contribution in [0.1, 0.15) is 20.8 Å². The van der Waals surface area contributed by atoms with Crippen molar-refractivity contribution in [1.29, 1.82) is 0 Å². The summed E-state index contributed by atoms with van der Waals surface area (Å²) in [6.45, 7) is 4.45. The Morgan fingerprint density at radius 3 is 2.50 bits per heavy atom. The number of nitrogens with zero attached hydrogens (tertiary/aromatic N) is 3. The first kappa shape index (κ1) is 25.4. The van der Waals surface area contributed by atoms with Gasteiger partial charge in [0.15, 0.2) is 11.6 Å². The molecule has 2 heterocycles. The van der Waals surface area contributed by atoms with E-state index in [-0.39, 0.29) is 43.7 Å². The van der Waals surface area contributed by atoms with Crippen molar-refractivity contribution in [3.05, 3.63) is 23.8 Å². The van der Waals surface area contributed by atoms with Gasteiger partial charge in [0.1, 0.15) is 23.9 Å². The summed E-state index contributed by atoms with van der Waals surface area (Å²) in [6.07, 6.45) is -1.37. The topological polar surface area (TPSA) is 101 Å². The van der Waals surface area contributed by atoms with E-state index in [0.717, 1.165) is 21.9 Å². The van der Waals surface area contributed by atoms with Gasteiger partial charge in [-0.25, -0.2) is 13.6 Å². The van der Waals surface area contributed by atoms with Crippen LogP contribution < -0.4 is 15.1 Å². The van der Waals surface area contributed by atoms with E-state index >= 15 is 0 Å². The standard InChI is InChI=1S/C21H26F2N4O6S/c1-21(2,3)33-17(29)10-25-11-26(9-16(25)28)18-14(22)5-12(6-15(18)23)27-8-13(32-20(27)30)7-24-19(34)31-4/h5-6,13H,7-11H2,1-4H3,(H,24,34)/t13-/m0/s1. The maximum Gasteiger partial charge on any atom is 0.414 e. The Labute approximate surface area is 200 Å². The average Bonchev–Trinajstić information content (AvgIpc) is 3.26. The fourth-order valence-corrected chi connectivity index (χ4v) is 3.62. The smallest absolute Gasteiger partial charge is 0.414 e. The van der Waals surface area contributed by atoms with E-state index in [9.17, 15) is 23.2 Å². The molecule has 0 spiro atoms. The van der Waals surface area contributed by atoms with Crippen molar-refractivity contribution in [2.24, 2.45) is 0 Å². The average molecular weight is 501 g/mol. The number of methoxy groups -OCH3 is 1. The Morgan fingerprint density at radius 1 is 1.26 bits per heavy atom. The number of carbonyl (C=O) groups is 3. The molecule has 2 fully saturated rings. The molecule has 0 unspecified atom stereocenters. The van der Waals surface area contributed by atoms with Crippen LogP contribution in [0.4, 0.5) is 25.0 Å². The number of esters is 1. The molecule has 13 heteroatoms. The van der Waals surface area contributed by atoms with E-state index in [4.69, 9.17) is 26.4 Å². The maximum atomic E-state index is 15.0. The van der Waals surface area contributed by atoms with Gasteiger partial charge in [0.05, 0.1) is 39.1 Å². The Balaban J connectivity index is 1.69. The highest BCUT2D eigenvalue weighted by Crippen LogP contribution is 2.32. The first-order valence-electron chi connectivity index (χ1n) is 10.4. The van der Waals surface area contributed by atoms with Crippen LogP contribution in [0.5, 0.6) is 0 Å². The zero-order chi connectivity index (χ0) is 25.2. The first-order chi connectivity index (χ1) is 15.9. The number of amides is 2. The summed E-state index contributed by atoms with van der Waals surface area (Å²) >= 11 is 4.86. The minimum absolute atomic E-state index is 0.0308. The summed E-state index contributed by atoms with van der Waals surface area (Å²) in [4.78, 5) is 40.0. The lowest BCUT2D eigenvalue weighted by molar-refractivity contribution is -0.157.